The first-order valence-electron chi connectivity index (χ1n) is 12.4. The highest BCUT2D eigenvalue weighted by Crippen LogP contribution is 2.31. The third kappa shape index (κ3) is 7.72. The average Bonchev–Trinajstić information content (AvgIpc) is 2.82. The Bertz CT molecular complexity index is 948. The average molecular weight is 482 g/mol. The van der Waals surface area contributed by atoms with E-state index in [0.29, 0.717) is 6.42 Å². The van der Waals surface area contributed by atoms with Crippen LogP contribution in [0.25, 0.3) is 0 Å². The normalized spacial score (nSPS) is 15.9. The fourth-order valence-electron chi connectivity index (χ4n) is 4.82. The van der Waals surface area contributed by atoms with Gasteiger partial charge in [-0.1, -0.05) is 42.5 Å². The van der Waals surface area contributed by atoms with Gasteiger partial charge in [0.1, 0.15) is 5.75 Å². The number of carboxylic acid groups (broad SMARTS) is 1. The van der Waals surface area contributed by atoms with Crippen molar-refractivity contribution in [2.75, 3.05) is 26.7 Å². The second-order valence-corrected chi connectivity index (χ2v) is 10.2. The molecule has 1 heterocycles. The van der Waals surface area contributed by atoms with Crippen LogP contribution in [0.3, 0.4) is 0 Å². The van der Waals surface area contributed by atoms with Gasteiger partial charge in [-0.3, -0.25) is 9.69 Å². The van der Waals surface area contributed by atoms with E-state index < -0.39 is 11.6 Å². The first-order valence-corrected chi connectivity index (χ1v) is 12.4. The second-order valence-electron chi connectivity index (χ2n) is 10.2. The molecule has 2 N–H and O–H groups in total. The van der Waals surface area contributed by atoms with E-state index in [2.05, 4.69) is 10.2 Å². The van der Waals surface area contributed by atoms with Crippen molar-refractivity contribution in [3.8, 4) is 5.75 Å². The number of rotatable bonds is 9. The van der Waals surface area contributed by atoms with Crippen molar-refractivity contribution >= 4 is 12.0 Å². The van der Waals surface area contributed by atoms with Crippen LogP contribution in [-0.4, -0.2) is 65.2 Å². The number of hydrogen-bond donors (Lipinski definition) is 2. The van der Waals surface area contributed by atoms with Crippen LogP contribution in [0.4, 0.5) is 4.79 Å². The van der Waals surface area contributed by atoms with Crippen molar-refractivity contribution in [3.63, 3.8) is 0 Å². The Morgan fingerprint density at radius 2 is 1.71 bits per heavy atom. The van der Waals surface area contributed by atoms with Crippen LogP contribution < -0.4 is 10.1 Å². The SMILES string of the molecule is COc1ccc(CC(=O)NC2CCN(CC[C@H](c3ccccc3)N(C(=O)O)C(C)(C)C)CC2)cc1. The zero-order chi connectivity index (χ0) is 25.4. The lowest BCUT2D eigenvalue weighted by Crippen LogP contribution is -2.49. The summed E-state index contributed by atoms with van der Waals surface area (Å²) in [5, 5.41) is 13.2. The van der Waals surface area contributed by atoms with Gasteiger partial charge in [-0.15, -0.1) is 0 Å². The van der Waals surface area contributed by atoms with E-state index >= 15 is 0 Å². The quantitative estimate of drug-likeness (QED) is 0.541. The fourth-order valence-corrected chi connectivity index (χ4v) is 4.82. The van der Waals surface area contributed by atoms with Crippen LogP contribution in [0.1, 0.15) is 57.2 Å². The van der Waals surface area contributed by atoms with Crippen molar-refractivity contribution in [1.29, 1.82) is 0 Å². The molecule has 35 heavy (non-hydrogen) atoms. The number of benzene rings is 2. The fraction of sp³-hybridized carbons (Fsp3) is 0.500. The van der Waals surface area contributed by atoms with Gasteiger partial charge in [-0.05, 0) is 63.3 Å². The highest BCUT2D eigenvalue weighted by Gasteiger charge is 2.34. The minimum absolute atomic E-state index is 0.0417. The van der Waals surface area contributed by atoms with Crippen LogP contribution in [0.2, 0.25) is 0 Å². The Labute approximate surface area is 209 Å². The van der Waals surface area contributed by atoms with Gasteiger partial charge < -0.3 is 20.1 Å². The van der Waals surface area contributed by atoms with Gasteiger partial charge in [-0.25, -0.2) is 4.79 Å². The Kier molecular flexibility index (Phi) is 9.15. The summed E-state index contributed by atoms with van der Waals surface area (Å²) in [5.74, 6) is 0.824. The van der Waals surface area contributed by atoms with Gasteiger partial charge >= 0.3 is 6.09 Å². The first kappa shape index (κ1) is 26.5. The second kappa shape index (κ2) is 12.1. The van der Waals surface area contributed by atoms with E-state index in [0.717, 1.165) is 55.8 Å². The van der Waals surface area contributed by atoms with Crippen molar-refractivity contribution in [3.05, 3.63) is 65.7 Å². The highest BCUT2D eigenvalue weighted by atomic mass is 16.5. The molecule has 1 saturated heterocycles. The van der Waals surface area contributed by atoms with Gasteiger partial charge in [0.05, 0.1) is 19.6 Å². The van der Waals surface area contributed by atoms with Crippen LogP contribution in [0.15, 0.2) is 54.6 Å². The number of ether oxygens (including phenoxy) is 1. The maximum Gasteiger partial charge on any atom is 0.408 e. The predicted molar refractivity (Wildman–Crippen MR) is 138 cm³/mol. The number of carbonyl (C=O) groups excluding carboxylic acids is 1. The molecule has 190 valence electrons. The highest BCUT2D eigenvalue weighted by molar-refractivity contribution is 5.78. The number of amides is 2. The molecule has 0 spiro atoms. The molecular weight excluding hydrogens is 442 g/mol. The number of likely N-dealkylation sites (tertiary alicyclic amines) is 1. The number of methoxy groups -OCH3 is 1. The molecule has 3 rings (SSSR count). The van der Waals surface area contributed by atoms with Crippen LogP contribution >= 0.6 is 0 Å². The molecule has 1 atom stereocenters. The smallest absolute Gasteiger partial charge is 0.408 e. The van der Waals surface area contributed by atoms with E-state index in [4.69, 9.17) is 4.74 Å². The molecule has 2 amide bonds. The molecule has 0 aromatic heterocycles. The van der Waals surface area contributed by atoms with E-state index in [1.54, 1.807) is 12.0 Å². The van der Waals surface area contributed by atoms with E-state index in [1.165, 1.54) is 0 Å². The Balaban J connectivity index is 1.52. The molecule has 7 nitrogen and oxygen atoms in total. The molecule has 0 aliphatic carbocycles. The number of nitrogens with one attached hydrogen (secondary N) is 1. The monoisotopic (exact) mass is 481 g/mol. The Morgan fingerprint density at radius 3 is 2.26 bits per heavy atom. The van der Waals surface area contributed by atoms with Gasteiger partial charge in [0.2, 0.25) is 5.91 Å². The summed E-state index contributed by atoms with van der Waals surface area (Å²) in [7, 11) is 1.63. The molecule has 2 aromatic carbocycles. The Hall–Kier alpha value is -3.06. The summed E-state index contributed by atoms with van der Waals surface area (Å²) in [6, 6.07) is 17.4. The molecule has 2 aromatic rings. The molecule has 1 fully saturated rings. The van der Waals surface area contributed by atoms with Gasteiger partial charge in [0.15, 0.2) is 0 Å². The summed E-state index contributed by atoms with van der Waals surface area (Å²) in [6.45, 7) is 8.41. The number of carbonyl (C=O) groups is 2. The topological polar surface area (TPSA) is 82.1 Å². The summed E-state index contributed by atoms with van der Waals surface area (Å²) >= 11 is 0. The lowest BCUT2D eigenvalue weighted by atomic mass is 9.95. The molecule has 1 aliphatic rings. The summed E-state index contributed by atoms with van der Waals surface area (Å²) in [4.78, 5) is 28.6. The van der Waals surface area contributed by atoms with Crippen molar-refractivity contribution < 1.29 is 19.4 Å². The third-order valence-electron chi connectivity index (χ3n) is 6.62. The minimum atomic E-state index is -0.898. The van der Waals surface area contributed by atoms with Gasteiger partial charge in [0, 0.05) is 31.2 Å². The van der Waals surface area contributed by atoms with Crippen LogP contribution in [0.5, 0.6) is 5.75 Å². The Morgan fingerprint density at radius 1 is 1.09 bits per heavy atom. The van der Waals surface area contributed by atoms with E-state index in [-0.39, 0.29) is 18.0 Å². The summed E-state index contributed by atoms with van der Waals surface area (Å²) in [6.07, 6.45) is 1.98. The number of piperidine rings is 1. The maximum atomic E-state index is 12.5. The maximum absolute atomic E-state index is 12.5. The number of hydrogen-bond acceptors (Lipinski definition) is 4. The number of nitrogens with zero attached hydrogens (tertiary/aromatic N) is 2. The zero-order valence-electron chi connectivity index (χ0n) is 21.4. The molecular formula is C28H39N3O4. The third-order valence-corrected chi connectivity index (χ3v) is 6.62. The zero-order valence-corrected chi connectivity index (χ0v) is 21.4. The standard InChI is InChI=1S/C28H39N3O4/c1-28(2,3)31(27(33)34)25(22-8-6-5-7-9-22)16-19-30-17-14-23(15-18-30)29-26(32)20-21-10-12-24(35-4)13-11-21/h5-13,23,25H,14-20H2,1-4H3,(H,29,32)(H,33,34)/t25-/m1/s1. The van der Waals surface area contributed by atoms with Gasteiger partial charge in [-0.2, -0.15) is 0 Å². The molecule has 7 heteroatoms. The molecule has 0 saturated carbocycles. The van der Waals surface area contributed by atoms with Crippen molar-refractivity contribution in [2.45, 2.75) is 64.1 Å². The van der Waals surface area contributed by atoms with Crippen LogP contribution in [0, 0.1) is 0 Å². The van der Waals surface area contributed by atoms with Gasteiger partial charge in [0.25, 0.3) is 0 Å². The lowest BCUT2D eigenvalue weighted by Gasteiger charge is -2.41. The minimum Gasteiger partial charge on any atom is -0.497 e. The van der Waals surface area contributed by atoms with E-state index in [9.17, 15) is 14.7 Å². The predicted octanol–water partition coefficient (Wildman–Crippen LogP) is 4.73. The first-order chi connectivity index (χ1) is 16.7. The molecule has 0 unspecified atom stereocenters. The lowest BCUT2D eigenvalue weighted by molar-refractivity contribution is -0.121. The van der Waals surface area contributed by atoms with Crippen molar-refractivity contribution in [1.82, 2.24) is 15.1 Å². The van der Waals surface area contributed by atoms with Crippen LogP contribution in [-0.2, 0) is 11.2 Å². The molecule has 1 aliphatic heterocycles. The largest absolute Gasteiger partial charge is 0.497 e. The summed E-state index contributed by atoms with van der Waals surface area (Å²) < 4.78 is 5.17. The van der Waals surface area contributed by atoms with E-state index in [1.807, 2.05) is 75.4 Å². The summed E-state index contributed by atoms with van der Waals surface area (Å²) in [5.41, 5.74) is 1.48. The molecule has 0 bridgehead atoms. The van der Waals surface area contributed by atoms with Crippen molar-refractivity contribution in [2.24, 2.45) is 0 Å². The molecule has 0 radical (unpaired) electrons.